The lowest BCUT2D eigenvalue weighted by Crippen LogP contribution is -2.34. The Bertz CT molecular complexity index is 502. The number of amides is 1. The summed E-state index contributed by atoms with van der Waals surface area (Å²) in [5.74, 6) is 2.44. The van der Waals surface area contributed by atoms with Gasteiger partial charge in [-0.1, -0.05) is 5.92 Å². The fourth-order valence-electron chi connectivity index (χ4n) is 1.09. The van der Waals surface area contributed by atoms with Crippen molar-refractivity contribution < 1.29 is 4.79 Å². The number of carbonyl (C=O) groups excluding carboxylic acids is 1. The molecule has 0 fully saturated rings. The van der Waals surface area contributed by atoms with Crippen LogP contribution in [0.15, 0.2) is 15.5 Å². The summed E-state index contributed by atoms with van der Waals surface area (Å²) < 4.78 is 1.60. The lowest BCUT2D eigenvalue weighted by atomic mass is 10.4. The molecule has 0 radical (unpaired) electrons. The Balaban J connectivity index is 2.90. The topological polar surface area (TPSA) is 64.0 Å². The second kappa shape index (κ2) is 5.47. The predicted molar refractivity (Wildman–Crippen MR) is 62.8 cm³/mol. The molecule has 1 rings (SSSR count). The van der Waals surface area contributed by atoms with E-state index in [0.29, 0.717) is 10.3 Å². The summed E-state index contributed by atoms with van der Waals surface area (Å²) in [5, 5.41) is 2.48. The summed E-state index contributed by atoms with van der Waals surface area (Å²) >= 11 is 3.06. The van der Waals surface area contributed by atoms with Crippen LogP contribution in [0.5, 0.6) is 0 Å². The standard InChI is InChI=1S/C10H10BrN3O2/c1-3-4-12-9(15)6-14-7(2)13-5-8(11)10(14)16/h1,5H,4,6H2,2H3,(H,12,15). The zero-order valence-electron chi connectivity index (χ0n) is 8.66. The van der Waals surface area contributed by atoms with E-state index in [2.05, 4.69) is 32.2 Å². The predicted octanol–water partition coefficient (Wildman–Crippen LogP) is 0.0636. The largest absolute Gasteiger partial charge is 0.344 e. The fourth-order valence-corrected chi connectivity index (χ4v) is 1.40. The van der Waals surface area contributed by atoms with Crippen LogP contribution in [0, 0.1) is 19.3 Å². The number of aromatic nitrogens is 2. The highest BCUT2D eigenvalue weighted by Crippen LogP contribution is 2.01. The molecule has 0 aliphatic rings. The van der Waals surface area contributed by atoms with Crippen molar-refractivity contribution in [3.05, 3.63) is 26.8 Å². The third-order valence-electron chi connectivity index (χ3n) is 1.89. The molecular weight excluding hydrogens is 274 g/mol. The number of hydrogen-bond donors (Lipinski definition) is 1. The normalized spacial score (nSPS) is 9.56. The highest BCUT2D eigenvalue weighted by Gasteiger charge is 2.09. The number of halogens is 1. The zero-order valence-corrected chi connectivity index (χ0v) is 10.2. The number of hydrogen-bond acceptors (Lipinski definition) is 3. The first-order valence-electron chi connectivity index (χ1n) is 4.48. The minimum Gasteiger partial charge on any atom is -0.344 e. The summed E-state index contributed by atoms with van der Waals surface area (Å²) in [6.45, 7) is 1.72. The van der Waals surface area contributed by atoms with Crippen molar-refractivity contribution >= 4 is 21.8 Å². The van der Waals surface area contributed by atoms with Gasteiger partial charge in [0.05, 0.1) is 6.54 Å². The van der Waals surface area contributed by atoms with Crippen LogP contribution >= 0.6 is 15.9 Å². The van der Waals surface area contributed by atoms with Gasteiger partial charge in [0, 0.05) is 6.20 Å². The number of aryl methyl sites for hydroxylation is 1. The van der Waals surface area contributed by atoms with Crippen molar-refractivity contribution in [3.63, 3.8) is 0 Å². The smallest absolute Gasteiger partial charge is 0.268 e. The minimum absolute atomic E-state index is 0.0845. The van der Waals surface area contributed by atoms with Crippen molar-refractivity contribution in [1.29, 1.82) is 0 Å². The van der Waals surface area contributed by atoms with Crippen LogP contribution in [-0.2, 0) is 11.3 Å². The van der Waals surface area contributed by atoms with E-state index in [1.165, 1.54) is 10.8 Å². The van der Waals surface area contributed by atoms with E-state index in [1.54, 1.807) is 6.92 Å². The Morgan fingerprint density at radius 3 is 3.06 bits per heavy atom. The summed E-state index contributed by atoms with van der Waals surface area (Å²) in [6, 6.07) is 0. The Morgan fingerprint density at radius 2 is 2.44 bits per heavy atom. The van der Waals surface area contributed by atoms with E-state index < -0.39 is 0 Å². The summed E-state index contributed by atoms with van der Waals surface area (Å²) in [5.41, 5.74) is -0.289. The summed E-state index contributed by atoms with van der Waals surface area (Å²) in [6.07, 6.45) is 6.41. The molecule has 0 aliphatic heterocycles. The van der Waals surface area contributed by atoms with Gasteiger partial charge in [0.2, 0.25) is 5.91 Å². The molecular formula is C10H10BrN3O2. The number of nitrogens with one attached hydrogen (secondary N) is 1. The SMILES string of the molecule is C#CCNC(=O)Cn1c(C)ncc(Br)c1=O. The third kappa shape index (κ3) is 2.94. The van der Waals surface area contributed by atoms with Gasteiger partial charge < -0.3 is 5.32 Å². The van der Waals surface area contributed by atoms with E-state index in [0.717, 1.165) is 0 Å². The molecule has 0 unspecified atom stereocenters. The first-order chi connectivity index (χ1) is 7.56. The first-order valence-corrected chi connectivity index (χ1v) is 5.27. The molecule has 0 bridgehead atoms. The quantitative estimate of drug-likeness (QED) is 0.799. The van der Waals surface area contributed by atoms with Crippen LogP contribution < -0.4 is 10.9 Å². The average Bonchev–Trinajstić information content (AvgIpc) is 2.27. The van der Waals surface area contributed by atoms with Crippen LogP contribution in [-0.4, -0.2) is 22.0 Å². The molecule has 0 aliphatic carbocycles. The van der Waals surface area contributed by atoms with E-state index >= 15 is 0 Å². The Hall–Kier alpha value is -1.61. The Morgan fingerprint density at radius 1 is 1.75 bits per heavy atom. The monoisotopic (exact) mass is 283 g/mol. The molecule has 0 aromatic carbocycles. The Kier molecular flexibility index (Phi) is 4.26. The zero-order chi connectivity index (χ0) is 12.1. The Labute approximate surface area is 101 Å². The first kappa shape index (κ1) is 12.5. The molecule has 0 atom stereocenters. The fraction of sp³-hybridized carbons (Fsp3) is 0.300. The molecule has 1 N–H and O–H groups in total. The molecule has 0 saturated heterocycles. The maximum absolute atomic E-state index is 11.7. The van der Waals surface area contributed by atoms with Crippen molar-refractivity contribution in [1.82, 2.24) is 14.9 Å². The molecule has 1 amide bonds. The molecule has 5 nitrogen and oxygen atoms in total. The van der Waals surface area contributed by atoms with Crippen molar-refractivity contribution in [2.45, 2.75) is 13.5 Å². The summed E-state index contributed by atoms with van der Waals surface area (Å²) in [4.78, 5) is 27.0. The maximum atomic E-state index is 11.7. The molecule has 1 aromatic heterocycles. The minimum atomic E-state index is -0.317. The lowest BCUT2D eigenvalue weighted by Gasteiger charge is -2.08. The molecule has 84 valence electrons. The van der Waals surface area contributed by atoms with Gasteiger partial charge in [0.25, 0.3) is 5.56 Å². The molecule has 0 saturated carbocycles. The van der Waals surface area contributed by atoms with Gasteiger partial charge in [0.15, 0.2) is 0 Å². The second-order valence-electron chi connectivity index (χ2n) is 3.03. The van der Waals surface area contributed by atoms with Crippen LogP contribution in [0.4, 0.5) is 0 Å². The summed E-state index contributed by atoms with van der Waals surface area (Å²) in [7, 11) is 0. The van der Waals surface area contributed by atoms with E-state index in [-0.39, 0.29) is 24.6 Å². The number of nitrogens with zero attached hydrogens (tertiary/aromatic N) is 2. The van der Waals surface area contributed by atoms with E-state index in [9.17, 15) is 9.59 Å². The van der Waals surface area contributed by atoms with E-state index in [1.807, 2.05) is 0 Å². The third-order valence-corrected chi connectivity index (χ3v) is 2.44. The van der Waals surface area contributed by atoms with Gasteiger partial charge in [-0.15, -0.1) is 6.42 Å². The molecule has 16 heavy (non-hydrogen) atoms. The van der Waals surface area contributed by atoms with Crippen molar-refractivity contribution in [3.8, 4) is 12.3 Å². The van der Waals surface area contributed by atoms with Gasteiger partial charge >= 0.3 is 0 Å². The second-order valence-corrected chi connectivity index (χ2v) is 3.88. The number of carbonyl (C=O) groups is 1. The van der Waals surface area contributed by atoms with Gasteiger partial charge in [-0.2, -0.15) is 0 Å². The van der Waals surface area contributed by atoms with E-state index in [4.69, 9.17) is 6.42 Å². The van der Waals surface area contributed by atoms with Crippen LogP contribution in [0.1, 0.15) is 5.82 Å². The molecule has 1 heterocycles. The van der Waals surface area contributed by atoms with Gasteiger partial charge in [0.1, 0.15) is 16.8 Å². The maximum Gasteiger partial charge on any atom is 0.268 e. The highest BCUT2D eigenvalue weighted by atomic mass is 79.9. The number of rotatable bonds is 3. The van der Waals surface area contributed by atoms with Crippen LogP contribution in [0.25, 0.3) is 0 Å². The van der Waals surface area contributed by atoms with Gasteiger partial charge in [-0.05, 0) is 22.9 Å². The highest BCUT2D eigenvalue weighted by molar-refractivity contribution is 9.10. The van der Waals surface area contributed by atoms with Gasteiger partial charge in [-0.25, -0.2) is 4.98 Å². The van der Waals surface area contributed by atoms with Gasteiger partial charge in [-0.3, -0.25) is 14.2 Å². The average molecular weight is 284 g/mol. The molecule has 6 heteroatoms. The van der Waals surface area contributed by atoms with Crippen LogP contribution in [0.3, 0.4) is 0 Å². The lowest BCUT2D eigenvalue weighted by molar-refractivity contribution is -0.121. The van der Waals surface area contributed by atoms with Crippen LogP contribution in [0.2, 0.25) is 0 Å². The van der Waals surface area contributed by atoms with Crippen molar-refractivity contribution in [2.75, 3.05) is 6.54 Å². The molecule has 0 spiro atoms. The number of terminal acetylenes is 1. The molecule has 1 aromatic rings. The van der Waals surface area contributed by atoms with Crippen molar-refractivity contribution in [2.24, 2.45) is 0 Å².